The molecule has 1 saturated heterocycles. The van der Waals surface area contributed by atoms with Gasteiger partial charge in [-0.2, -0.15) is 0 Å². The summed E-state index contributed by atoms with van der Waals surface area (Å²) in [7, 11) is 0. The molecule has 1 fully saturated rings. The average molecular weight is 208 g/mol. The lowest BCUT2D eigenvalue weighted by molar-refractivity contribution is 0.354. The maximum atomic E-state index is 5.17. The van der Waals surface area contributed by atoms with Crippen molar-refractivity contribution in [3.05, 3.63) is 0 Å². The zero-order valence-electron chi connectivity index (χ0n) is 6.54. The molecule has 0 aromatic carbocycles. The number of unbranched alkanes of at least 4 members (excludes halogenated alkanes) is 1. The molecular formula is C7H12OS3. The first-order valence-corrected chi connectivity index (χ1v) is 6.11. The van der Waals surface area contributed by atoms with Crippen molar-refractivity contribution in [2.45, 2.75) is 24.3 Å². The van der Waals surface area contributed by atoms with E-state index in [1.165, 1.54) is 18.6 Å². The van der Waals surface area contributed by atoms with Crippen molar-refractivity contribution in [1.29, 1.82) is 0 Å². The summed E-state index contributed by atoms with van der Waals surface area (Å²) in [6.07, 6.45) is 2.57. The maximum absolute atomic E-state index is 5.17. The van der Waals surface area contributed by atoms with Crippen LogP contribution >= 0.6 is 35.7 Å². The van der Waals surface area contributed by atoms with Crippen molar-refractivity contribution in [2.75, 3.05) is 12.4 Å². The molecule has 1 aliphatic rings. The second-order valence-corrected chi connectivity index (χ2v) is 5.75. The highest BCUT2D eigenvalue weighted by Crippen LogP contribution is 2.31. The lowest BCUT2D eigenvalue weighted by Gasteiger charge is -2.02. The Bertz CT molecular complexity index is 138. The topological polar surface area (TPSA) is 9.23 Å². The zero-order valence-corrected chi connectivity index (χ0v) is 8.99. The van der Waals surface area contributed by atoms with E-state index >= 15 is 0 Å². The summed E-state index contributed by atoms with van der Waals surface area (Å²) in [5.41, 5.74) is 0. The standard InChI is InChI=1S/C7H12OS3/c1-2-3-4-10-6-5-8-7(9)11-6/h6H,2-5H2,1H3. The number of hydrogen-bond acceptors (Lipinski definition) is 4. The molecule has 1 rings (SSSR count). The minimum absolute atomic E-state index is 0.564. The van der Waals surface area contributed by atoms with Crippen LogP contribution in [0.5, 0.6) is 0 Å². The number of thiocarbonyl (C=S) groups is 1. The number of ether oxygens (including phenoxy) is 1. The van der Waals surface area contributed by atoms with E-state index in [1.807, 2.05) is 11.8 Å². The van der Waals surface area contributed by atoms with Gasteiger partial charge in [-0.05, 0) is 24.4 Å². The van der Waals surface area contributed by atoms with Crippen molar-refractivity contribution < 1.29 is 4.74 Å². The summed E-state index contributed by atoms with van der Waals surface area (Å²) < 4.78 is 6.45. The van der Waals surface area contributed by atoms with E-state index in [9.17, 15) is 0 Å². The van der Waals surface area contributed by atoms with Crippen LogP contribution in [-0.2, 0) is 4.74 Å². The van der Waals surface area contributed by atoms with Crippen LogP contribution in [0, 0.1) is 0 Å². The van der Waals surface area contributed by atoms with Crippen LogP contribution in [0.3, 0.4) is 0 Å². The Hall–Kier alpha value is 0.590. The fraction of sp³-hybridized carbons (Fsp3) is 0.857. The molecule has 11 heavy (non-hydrogen) atoms. The van der Waals surface area contributed by atoms with Gasteiger partial charge < -0.3 is 4.74 Å². The summed E-state index contributed by atoms with van der Waals surface area (Å²) in [5.74, 6) is 1.24. The van der Waals surface area contributed by atoms with Gasteiger partial charge in [-0.1, -0.05) is 25.1 Å². The molecule has 0 bridgehead atoms. The maximum Gasteiger partial charge on any atom is 0.221 e. The van der Waals surface area contributed by atoms with Crippen molar-refractivity contribution >= 4 is 40.1 Å². The zero-order chi connectivity index (χ0) is 8.10. The summed E-state index contributed by atoms with van der Waals surface area (Å²) in [6, 6.07) is 0. The van der Waals surface area contributed by atoms with E-state index < -0.39 is 0 Å². The first-order valence-electron chi connectivity index (χ1n) is 3.78. The third-order valence-corrected chi connectivity index (χ3v) is 4.21. The predicted molar refractivity (Wildman–Crippen MR) is 57.3 cm³/mol. The van der Waals surface area contributed by atoms with Crippen molar-refractivity contribution in [3.8, 4) is 0 Å². The largest absolute Gasteiger partial charge is 0.476 e. The van der Waals surface area contributed by atoms with Crippen LogP contribution in [-0.4, -0.2) is 21.3 Å². The van der Waals surface area contributed by atoms with Gasteiger partial charge in [0.2, 0.25) is 4.38 Å². The van der Waals surface area contributed by atoms with Crippen LogP contribution in [0.15, 0.2) is 0 Å². The van der Waals surface area contributed by atoms with E-state index in [1.54, 1.807) is 11.8 Å². The van der Waals surface area contributed by atoms with Gasteiger partial charge in [0.1, 0.15) is 6.61 Å². The molecule has 0 amide bonds. The monoisotopic (exact) mass is 208 g/mol. The van der Waals surface area contributed by atoms with Gasteiger partial charge in [-0.25, -0.2) is 0 Å². The molecule has 1 heterocycles. The minimum Gasteiger partial charge on any atom is -0.476 e. The minimum atomic E-state index is 0.564. The molecular weight excluding hydrogens is 196 g/mol. The second-order valence-electron chi connectivity index (χ2n) is 2.33. The summed E-state index contributed by atoms with van der Waals surface area (Å²) in [6.45, 7) is 3.02. The van der Waals surface area contributed by atoms with Gasteiger partial charge >= 0.3 is 0 Å². The Morgan fingerprint density at radius 1 is 1.82 bits per heavy atom. The lowest BCUT2D eigenvalue weighted by atomic mass is 10.4. The van der Waals surface area contributed by atoms with Crippen molar-refractivity contribution in [1.82, 2.24) is 0 Å². The summed E-state index contributed by atoms with van der Waals surface area (Å²) >= 11 is 8.55. The van der Waals surface area contributed by atoms with E-state index in [0.29, 0.717) is 4.58 Å². The first-order chi connectivity index (χ1) is 5.33. The van der Waals surface area contributed by atoms with Gasteiger partial charge in [0.25, 0.3) is 0 Å². The molecule has 0 spiro atoms. The van der Waals surface area contributed by atoms with Gasteiger partial charge in [-0.15, -0.1) is 11.8 Å². The van der Waals surface area contributed by atoms with Gasteiger partial charge in [-0.3, -0.25) is 0 Å². The average Bonchev–Trinajstić information content (AvgIpc) is 2.37. The van der Waals surface area contributed by atoms with Crippen LogP contribution < -0.4 is 0 Å². The van der Waals surface area contributed by atoms with Gasteiger partial charge in [0.15, 0.2) is 0 Å². The first kappa shape index (κ1) is 9.68. The molecule has 0 radical (unpaired) electrons. The Labute approximate surface area is 81.6 Å². The van der Waals surface area contributed by atoms with Crippen molar-refractivity contribution in [3.63, 3.8) is 0 Å². The SMILES string of the molecule is CCCCSC1COC(=S)S1. The molecule has 0 aliphatic carbocycles. The number of rotatable bonds is 4. The quantitative estimate of drug-likeness (QED) is 0.518. The molecule has 1 unspecified atom stereocenters. The molecule has 1 atom stereocenters. The van der Waals surface area contributed by atoms with E-state index in [-0.39, 0.29) is 0 Å². The molecule has 4 heteroatoms. The second kappa shape index (κ2) is 5.27. The molecule has 0 saturated carbocycles. The van der Waals surface area contributed by atoms with E-state index in [0.717, 1.165) is 11.0 Å². The Balaban J connectivity index is 2.04. The Kier molecular flexibility index (Phi) is 4.64. The Morgan fingerprint density at radius 3 is 3.18 bits per heavy atom. The highest BCUT2D eigenvalue weighted by molar-refractivity contribution is 8.30. The molecule has 1 nitrogen and oxygen atoms in total. The van der Waals surface area contributed by atoms with Gasteiger partial charge in [0, 0.05) is 0 Å². The number of thioether (sulfide) groups is 2. The van der Waals surface area contributed by atoms with Gasteiger partial charge in [0.05, 0.1) is 4.58 Å². The predicted octanol–water partition coefficient (Wildman–Crippen LogP) is 2.89. The lowest BCUT2D eigenvalue weighted by Crippen LogP contribution is -1.97. The molecule has 0 aromatic rings. The fourth-order valence-electron chi connectivity index (χ4n) is 0.753. The number of hydrogen-bond donors (Lipinski definition) is 0. The molecule has 0 aromatic heterocycles. The summed E-state index contributed by atoms with van der Waals surface area (Å²) in [4.78, 5) is 0. The highest BCUT2D eigenvalue weighted by atomic mass is 32.2. The van der Waals surface area contributed by atoms with Crippen LogP contribution in [0.25, 0.3) is 0 Å². The molecule has 0 N–H and O–H groups in total. The smallest absolute Gasteiger partial charge is 0.221 e. The fourth-order valence-corrected chi connectivity index (χ4v) is 3.54. The van der Waals surface area contributed by atoms with Crippen LogP contribution in [0.4, 0.5) is 0 Å². The normalized spacial score (nSPS) is 23.7. The summed E-state index contributed by atoms with van der Waals surface area (Å²) in [5, 5.41) is 0. The van der Waals surface area contributed by atoms with E-state index in [2.05, 4.69) is 6.92 Å². The molecule has 1 aliphatic heterocycles. The van der Waals surface area contributed by atoms with E-state index in [4.69, 9.17) is 17.0 Å². The third kappa shape index (κ3) is 3.67. The molecule has 64 valence electrons. The highest BCUT2D eigenvalue weighted by Gasteiger charge is 2.21. The Morgan fingerprint density at radius 2 is 2.64 bits per heavy atom. The van der Waals surface area contributed by atoms with Crippen LogP contribution in [0.1, 0.15) is 19.8 Å². The van der Waals surface area contributed by atoms with Crippen molar-refractivity contribution in [2.24, 2.45) is 0 Å². The third-order valence-electron chi connectivity index (χ3n) is 1.37. The van der Waals surface area contributed by atoms with Crippen LogP contribution in [0.2, 0.25) is 0 Å².